The Morgan fingerprint density at radius 3 is 0.959 bits per heavy atom. The largest absolute Gasteiger partial charge is 0.309 e. The minimum Gasteiger partial charge on any atom is -0.309 e. The molecule has 0 amide bonds. The standard InChI is InChI=1S/C72H45N/c1-3-17-51-43-54(35-31-46(51)15-1)71-63-25-9-10-26-64(63)72(55-36-32-47-16-2-4-18-52(47)44-55)66-45-53(39-42-65(66)71)48-29-33-49(34-30-48)69-59-21-5-7-23-61(59)70(62-24-8-6-22-60(62)69)50-37-40-56(41-38-50)73-67-27-13-11-19-57(67)58-20-12-14-28-68(58)73/h1-45H. The Kier molecular flexibility index (Phi) is 9.33. The summed E-state index contributed by atoms with van der Waals surface area (Å²) in [5, 5.41) is 17.5. The Morgan fingerprint density at radius 1 is 0.178 bits per heavy atom. The Labute approximate surface area is 423 Å². The molecule has 0 N–H and O–H groups in total. The highest BCUT2D eigenvalue weighted by Gasteiger charge is 2.21. The van der Waals surface area contributed by atoms with Crippen LogP contribution in [-0.2, 0) is 0 Å². The van der Waals surface area contributed by atoms with Gasteiger partial charge in [-0.15, -0.1) is 0 Å². The van der Waals surface area contributed by atoms with Crippen molar-refractivity contribution < 1.29 is 0 Å². The lowest BCUT2D eigenvalue weighted by atomic mass is 9.84. The van der Waals surface area contributed by atoms with Crippen LogP contribution in [0.4, 0.5) is 0 Å². The molecule has 0 saturated carbocycles. The Morgan fingerprint density at radius 2 is 0.493 bits per heavy atom. The summed E-state index contributed by atoms with van der Waals surface area (Å²) in [5.74, 6) is 0. The van der Waals surface area contributed by atoms with Crippen molar-refractivity contribution >= 4 is 86.4 Å². The predicted molar refractivity (Wildman–Crippen MR) is 313 cm³/mol. The second kappa shape index (κ2) is 16.5. The summed E-state index contributed by atoms with van der Waals surface area (Å²) in [6, 6.07) is 101. The molecule has 1 heteroatoms. The van der Waals surface area contributed by atoms with Crippen molar-refractivity contribution in [2.45, 2.75) is 0 Å². The van der Waals surface area contributed by atoms with Crippen molar-refractivity contribution in [1.29, 1.82) is 0 Å². The smallest absolute Gasteiger partial charge is 0.0541 e. The lowest BCUT2D eigenvalue weighted by Crippen LogP contribution is -1.94. The minimum atomic E-state index is 1.15. The molecule has 0 aliphatic carbocycles. The zero-order valence-corrected chi connectivity index (χ0v) is 39.9. The molecule has 0 radical (unpaired) electrons. The quantitative estimate of drug-likeness (QED) is 0.146. The third-order valence-electron chi connectivity index (χ3n) is 15.5. The molecule has 0 atom stereocenters. The van der Waals surface area contributed by atoms with Crippen molar-refractivity contribution in [3.8, 4) is 61.3 Å². The molecule has 14 aromatic carbocycles. The normalized spacial score (nSPS) is 11.8. The van der Waals surface area contributed by atoms with E-state index in [0.717, 1.165) is 5.69 Å². The first kappa shape index (κ1) is 41.2. The molecular formula is C72H45N. The monoisotopic (exact) mass is 923 g/mol. The van der Waals surface area contributed by atoms with Gasteiger partial charge >= 0.3 is 0 Å². The van der Waals surface area contributed by atoms with Crippen molar-refractivity contribution in [2.75, 3.05) is 0 Å². The van der Waals surface area contributed by atoms with Gasteiger partial charge in [0.25, 0.3) is 0 Å². The molecule has 338 valence electrons. The number of nitrogens with zero attached hydrogens (tertiary/aromatic N) is 1. The van der Waals surface area contributed by atoms with Crippen LogP contribution in [0, 0.1) is 0 Å². The molecule has 1 aromatic heterocycles. The summed E-state index contributed by atoms with van der Waals surface area (Å²) < 4.78 is 2.39. The number of rotatable bonds is 6. The van der Waals surface area contributed by atoms with E-state index in [1.807, 2.05) is 0 Å². The molecule has 1 nitrogen and oxygen atoms in total. The number of hydrogen-bond acceptors (Lipinski definition) is 0. The summed E-state index contributed by atoms with van der Waals surface area (Å²) in [4.78, 5) is 0. The van der Waals surface area contributed by atoms with E-state index in [4.69, 9.17) is 0 Å². The molecular weight excluding hydrogens is 879 g/mol. The van der Waals surface area contributed by atoms with Crippen LogP contribution in [0.1, 0.15) is 0 Å². The van der Waals surface area contributed by atoms with Gasteiger partial charge in [-0.05, 0) is 163 Å². The average Bonchev–Trinajstić information content (AvgIpc) is 3.80. The summed E-state index contributed by atoms with van der Waals surface area (Å²) in [5.41, 5.74) is 15.9. The number of para-hydroxylation sites is 2. The first-order valence-corrected chi connectivity index (χ1v) is 25.3. The second-order valence-electron chi connectivity index (χ2n) is 19.5. The van der Waals surface area contributed by atoms with Crippen LogP contribution in [0.5, 0.6) is 0 Å². The lowest BCUT2D eigenvalue weighted by molar-refractivity contribution is 1.18. The lowest BCUT2D eigenvalue weighted by Gasteiger charge is -2.20. The van der Waals surface area contributed by atoms with Crippen molar-refractivity contribution in [2.24, 2.45) is 0 Å². The minimum absolute atomic E-state index is 1.15. The SMILES string of the molecule is c1ccc2cc(-c3c4ccccc4c(-c4ccc5ccccc5c4)c4cc(-c5ccc(-c6c7ccccc7c(-c7ccc(-n8c9ccccc9c9ccccc98)cc7)c7ccccc67)cc5)ccc34)ccc2c1. The van der Waals surface area contributed by atoms with Gasteiger partial charge in [-0.25, -0.2) is 0 Å². The van der Waals surface area contributed by atoms with Crippen molar-refractivity contribution in [3.05, 3.63) is 273 Å². The molecule has 1 heterocycles. The maximum atomic E-state index is 2.44. The number of aromatic nitrogens is 1. The Bertz CT molecular complexity index is 4600. The highest BCUT2D eigenvalue weighted by molar-refractivity contribution is 6.24. The molecule has 15 rings (SSSR count). The van der Waals surface area contributed by atoms with E-state index in [1.165, 1.54) is 142 Å². The van der Waals surface area contributed by atoms with Crippen LogP contribution in [0.3, 0.4) is 0 Å². The fourth-order valence-corrected chi connectivity index (χ4v) is 12.2. The molecule has 0 spiro atoms. The summed E-state index contributed by atoms with van der Waals surface area (Å²) in [6.45, 7) is 0. The second-order valence-corrected chi connectivity index (χ2v) is 19.5. The molecule has 73 heavy (non-hydrogen) atoms. The van der Waals surface area contributed by atoms with E-state index in [2.05, 4.69) is 278 Å². The maximum Gasteiger partial charge on any atom is 0.0541 e. The third-order valence-corrected chi connectivity index (χ3v) is 15.5. The summed E-state index contributed by atoms with van der Waals surface area (Å²) in [6.07, 6.45) is 0. The molecule has 0 saturated heterocycles. The Hall–Kier alpha value is -9.56. The molecule has 0 bridgehead atoms. The van der Waals surface area contributed by atoms with Crippen LogP contribution in [0.25, 0.3) is 148 Å². The van der Waals surface area contributed by atoms with Crippen LogP contribution < -0.4 is 0 Å². The van der Waals surface area contributed by atoms with Gasteiger partial charge in [-0.3, -0.25) is 0 Å². The summed E-state index contributed by atoms with van der Waals surface area (Å²) >= 11 is 0. The fraction of sp³-hybridized carbons (Fsp3) is 0. The van der Waals surface area contributed by atoms with Gasteiger partial charge in [-0.2, -0.15) is 0 Å². The van der Waals surface area contributed by atoms with E-state index in [-0.39, 0.29) is 0 Å². The number of hydrogen-bond donors (Lipinski definition) is 0. The molecule has 0 aliphatic heterocycles. The van der Waals surface area contributed by atoms with Gasteiger partial charge in [0.1, 0.15) is 0 Å². The van der Waals surface area contributed by atoms with Crippen molar-refractivity contribution in [1.82, 2.24) is 4.57 Å². The first-order chi connectivity index (χ1) is 36.2. The Balaban J connectivity index is 0.874. The van der Waals surface area contributed by atoms with E-state index in [1.54, 1.807) is 0 Å². The highest BCUT2D eigenvalue weighted by Crippen LogP contribution is 2.48. The van der Waals surface area contributed by atoms with Gasteiger partial charge < -0.3 is 4.57 Å². The van der Waals surface area contributed by atoms with Gasteiger partial charge in [0, 0.05) is 16.5 Å². The van der Waals surface area contributed by atoms with Crippen LogP contribution in [-0.4, -0.2) is 4.57 Å². The topological polar surface area (TPSA) is 4.93 Å². The number of fused-ring (bicyclic) bond motifs is 9. The number of benzene rings is 14. The van der Waals surface area contributed by atoms with Gasteiger partial charge in [0.15, 0.2) is 0 Å². The molecule has 0 aliphatic rings. The zero-order valence-electron chi connectivity index (χ0n) is 39.9. The van der Waals surface area contributed by atoms with Gasteiger partial charge in [0.2, 0.25) is 0 Å². The third kappa shape index (κ3) is 6.56. The van der Waals surface area contributed by atoms with Gasteiger partial charge in [0.05, 0.1) is 11.0 Å². The highest BCUT2D eigenvalue weighted by atomic mass is 15.0. The average molecular weight is 924 g/mol. The van der Waals surface area contributed by atoms with E-state index in [0.29, 0.717) is 0 Å². The molecule has 0 unspecified atom stereocenters. The molecule has 15 aromatic rings. The van der Waals surface area contributed by atoms with E-state index < -0.39 is 0 Å². The van der Waals surface area contributed by atoms with Crippen LogP contribution >= 0.6 is 0 Å². The maximum absolute atomic E-state index is 2.44. The van der Waals surface area contributed by atoms with E-state index in [9.17, 15) is 0 Å². The van der Waals surface area contributed by atoms with Crippen molar-refractivity contribution in [3.63, 3.8) is 0 Å². The van der Waals surface area contributed by atoms with Crippen LogP contribution in [0.2, 0.25) is 0 Å². The molecule has 0 fully saturated rings. The predicted octanol–water partition coefficient (Wildman–Crippen LogP) is 20.0. The van der Waals surface area contributed by atoms with Crippen LogP contribution in [0.15, 0.2) is 273 Å². The first-order valence-electron chi connectivity index (χ1n) is 25.3. The van der Waals surface area contributed by atoms with E-state index >= 15 is 0 Å². The zero-order chi connectivity index (χ0) is 48.0. The van der Waals surface area contributed by atoms with Gasteiger partial charge in [-0.1, -0.05) is 231 Å². The summed E-state index contributed by atoms with van der Waals surface area (Å²) in [7, 11) is 0. The fourth-order valence-electron chi connectivity index (χ4n) is 12.2.